The normalized spacial score (nSPS) is 14.4. The van der Waals surface area contributed by atoms with E-state index in [0.29, 0.717) is 0 Å². The maximum absolute atomic E-state index is 7.69. The Balaban J connectivity index is 1.82. The van der Waals surface area contributed by atoms with E-state index in [9.17, 15) is 0 Å². The highest BCUT2D eigenvalue weighted by Gasteiger charge is 2.25. The van der Waals surface area contributed by atoms with Gasteiger partial charge >= 0.3 is 0 Å². The van der Waals surface area contributed by atoms with E-state index in [1.807, 2.05) is 24.3 Å². The van der Waals surface area contributed by atoms with Crippen molar-refractivity contribution in [3.05, 3.63) is 59.7 Å². The van der Waals surface area contributed by atoms with E-state index >= 15 is 0 Å². The first kappa shape index (κ1) is 13.8. The Hall–Kier alpha value is -2.13. The summed E-state index contributed by atoms with van der Waals surface area (Å²) in [5.41, 5.74) is 9.91. The van der Waals surface area contributed by atoms with Gasteiger partial charge in [-0.05, 0) is 36.6 Å². The summed E-state index contributed by atoms with van der Waals surface area (Å²) in [4.78, 5) is 2.42. The minimum atomic E-state index is 0.114. The van der Waals surface area contributed by atoms with Crippen molar-refractivity contribution >= 4 is 5.84 Å². The molecule has 1 fully saturated rings. The van der Waals surface area contributed by atoms with Crippen LogP contribution in [0.4, 0.5) is 0 Å². The Morgan fingerprint density at radius 3 is 2.43 bits per heavy atom. The molecule has 0 spiro atoms. The maximum atomic E-state index is 7.69. The molecule has 108 valence electrons. The summed E-state index contributed by atoms with van der Waals surface area (Å²) in [7, 11) is 2.19. The molecular weight excluding hydrogens is 258 g/mol. The van der Waals surface area contributed by atoms with Gasteiger partial charge in [0.15, 0.2) is 0 Å². The lowest BCUT2D eigenvalue weighted by Gasteiger charge is -2.16. The summed E-state index contributed by atoms with van der Waals surface area (Å²) in [5, 5.41) is 7.69. The third kappa shape index (κ3) is 3.14. The zero-order valence-electron chi connectivity index (χ0n) is 12.3. The van der Waals surface area contributed by atoms with Crippen LogP contribution in [0.25, 0.3) is 11.1 Å². The van der Waals surface area contributed by atoms with Crippen molar-refractivity contribution in [3.8, 4) is 11.1 Å². The summed E-state index contributed by atoms with van der Waals surface area (Å²) in [6.45, 7) is 0.999. The van der Waals surface area contributed by atoms with Gasteiger partial charge in [-0.2, -0.15) is 0 Å². The first-order chi connectivity index (χ1) is 10.1. The lowest BCUT2D eigenvalue weighted by atomic mass is 9.98. The van der Waals surface area contributed by atoms with E-state index in [-0.39, 0.29) is 5.84 Å². The monoisotopic (exact) mass is 279 g/mol. The molecule has 0 saturated heterocycles. The van der Waals surface area contributed by atoms with Crippen LogP contribution < -0.4 is 5.73 Å². The number of benzene rings is 2. The highest BCUT2D eigenvalue weighted by molar-refractivity contribution is 6.01. The first-order valence-corrected chi connectivity index (χ1v) is 7.38. The molecule has 0 atom stereocenters. The fourth-order valence-corrected chi connectivity index (χ4v) is 2.69. The second-order valence-electron chi connectivity index (χ2n) is 5.80. The molecule has 0 aromatic heterocycles. The van der Waals surface area contributed by atoms with E-state index in [1.54, 1.807) is 0 Å². The number of hydrogen-bond acceptors (Lipinski definition) is 2. The van der Waals surface area contributed by atoms with Crippen LogP contribution in [0.1, 0.15) is 24.0 Å². The molecule has 3 nitrogen and oxygen atoms in total. The van der Waals surface area contributed by atoms with Crippen LogP contribution in [-0.2, 0) is 6.54 Å². The first-order valence-electron chi connectivity index (χ1n) is 7.38. The molecule has 2 aromatic carbocycles. The number of hydrogen-bond donors (Lipinski definition) is 2. The van der Waals surface area contributed by atoms with Gasteiger partial charge in [-0.15, -0.1) is 0 Å². The molecule has 0 amide bonds. The van der Waals surface area contributed by atoms with Gasteiger partial charge in [-0.3, -0.25) is 10.3 Å². The molecule has 0 unspecified atom stereocenters. The molecule has 3 N–H and O–H groups in total. The number of amidine groups is 1. The van der Waals surface area contributed by atoms with Gasteiger partial charge < -0.3 is 5.73 Å². The third-order valence-electron chi connectivity index (χ3n) is 4.08. The van der Waals surface area contributed by atoms with E-state index in [1.165, 1.54) is 18.4 Å². The summed E-state index contributed by atoms with van der Waals surface area (Å²) in [6.07, 6.45) is 2.67. The number of nitrogens with one attached hydrogen (secondary N) is 1. The molecule has 0 aliphatic heterocycles. The second kappa shape index (κ2) is 5.70. The Labute approximate surface area is 125 Å². The Bertz CT molecular complexity index is 642. The molecule has 1 aliphatic rings. The van der Waals surface area contributed by atoms with E-state index in [2.05, 4.69) is 36.2 Å². The van der Waals surface area contributed by atoms with E-state index < -0.39 is 0 Å². The molecule has 21 heavy (non-hydrogen) atoms. The van der Waals surface area contributed by atoms with Crippen molar-refractivity contribution in [3.63, 3.8) is 0 Å². The highest BCUT2D eigenvalue weighted by Crippen LogP contribution is 2.28. The SMILES string of the molecule is CN(Cc1ccc(-c2ccccc2C(=N)N)cc1)C1CC1. The zero-order chi connectivity index (χ0) is 14.8. The van der Waals surface area contributed by atoms with Crippen molar-refractivity contribution in [2.24, 2.45) is 5.73 Å². The predicted molar refractivity (Wildman–Crippen MR) is 87.4 cm³/mol. The van der Waals surface area contributed by atoms with Gasteiger partial charge in [0.05, 0.1) is 0 Å². The number of nitrogen functional groups attached to an aromatic ring is 1. The molecule has 0 bridgehead atoms. The van der Waals surface area contributed by atoms with Gasteiger partial charge in [-0.1, -0.05) is 48.5 Å². The van der Waals surface area contributed by atoms with E-state index in [0.717, 1.165) is 29.3 Å². The fraction of sp³-hybridized carbons (Fsp3) is 0.278. The summed E-state index contributed by atoms with van der Waals surface area (Å²) in [6, 6.07) is 17.2. The lowest BCUT2D eigenvalue weighted by molar-refractivity contribution is 0.316. The van der Waals surface area contributed by atoms with Crippen LogP contribution >= 0.6 is 0 Å². The molecule has 3 rings (SSSR count). The quantitative estimate of drug-likeness (QED) is 0.652. The predicted octanol–water partition coefficient (Wildman–Crippen LogP) is 3.23. The minimum Gasteiger partial charge on any atom is -0.384 e. The maximum Gasteiger partial charge on any atom is 0.123 e. The van der Waals surface area contributed by atoms with Crippen LogP contribution in [0, 0.1) is 5.41 Å². The van der Waals surface area contributed by atoms with Crippen LogP contribution in [-0.4, -0.2) is 23.8 Å². The van der Waals surface area contributed by atoms with Crippen molar-refractivity contribution in [1.29, 1.82) is 5.41 Å². The smallest absolute Gasteiger partial charge is 0.123 e. The number of nitrogens with zero attached hydrogens (tertiary/aromatic N) is 1. The topological polar surface area (TPSA) is 53.1 Å². The number of rotatable bonds is 5. The molecule has 2 aromatic rings. The van der Waals surface area contributed by atoms with Gasteiger partial charge in [0, 0.05) is 18.2 Å². The van der Waals surface area contributed by atoms with Crippen molar-refractivity contribution in [2.75, 3.05) is 7.05 Å². The van der Waals surface area contributed by atoms with Crippen LogP contribution in [0.2, 0.25) is 0 Å². The van der Waals surface area contributed by atoms with Gasteiger partial charge in [0.25, 0.3) is 0 Å². The standard InChI is InChI=1S/C18H21N3/c1-21(15-10-11-15)12-13-6-8-14(9-7-13)16-4-2-3-5-17(16)18(19)20/h2-9,15H,10-12H2,1H3,(H3,19,20). The zero-order valence-corrected chi connectivity index (χ0v) is 12.3. The van der Waals surface area contributed by atoms with Crippen molar-refractivity contribution in [1.82, 2.24) is 4.90 Å². The Kier molecular flexibility index (Phi) is 3.76. The molecule has 1 saturated carbocycles. The van der Waals surface area contributed by atoms with Crippen LogP contribution in [0.3, 0.4) is 0 Å². The summed E-state index contributed by atoms with van der Waals surface area (Å²) in [5.74, 6) is 0.114. The Morgan fingerprint density at radius 2 is 1.81 bits per heavy atom. The molecule has 0 heterocycles. The van der Waals surface area contributed by atoms with Gasteiger partial charge in [-0.25, -0.2) is 0 Å². The van der Waals surface area contributed by atoms with E-state index in [4.69, 9.17) is 11.1 Å². The van der Waals surface area contributed by atoms with Gasteiger partial charge in [0.2, 0.25) is 0 Å². The minimum absolute atomic E-state index is 0.114. The largest absolute Gasteiger partial charge is 0.384 e. The average molecular weight is 279 g/mol. The summed E-state index contributed by atoms with van der Waals surface area (Å²) >= 11 is 0. The molecule has 0 radical (unpaired) electrons. The molecule has 3 heteroatoms. The van der Waals surface area contributed by atoms with Crippen LogP contribution in [0.15, 0.2) is 48.5 Å². The summed E-state index contributed by atoms with van der Waals surface area (Å²) < 4.78 is 0. The molecular formula is C18H21N3. The Morgan fingerprint density at radius 1 is 1.14 bits per heavy atom. The van der Waals surface area contributed by atoms with Crippen molar-refractivity contribution in [2.45, 2.75) is 25.4 Å². The van der Waals surface area contributed by atoms with Crippen molar-refractivity contribution < 1.29 is 0 Å². The highest BCUT2D eigenvalue weighted by atomic mass is 15.1. The fourth-order valence-electron chi connectivity index (χ4n) is 2.69. The number of nitrogens with two attached hydrogens (primary N) is 1. The third-order valence-corrected chi connectivity index (χ3v) is 4.08. The second-order valence-corrected chi connectivity index (χ2v) is 5.80. The van der Waals surface area contributed by atoms with Gasteiger partial charge in [0.1, 0.15) is 5.84 Å². The lowest BCUT2D eigenvalue weighted by Crippen LogP contribution is -2.19. The van der Waals surface area contributed by atoms with Crippen LogP contribution in [0.5, 0.6) is 0 Å². The average Bonchev–Trinajstić information content (AvgIpc) is 3.33. The molecule has 1 aliphatic carbocycles.